The van der Waals surface area contributed by atoms with Crippen LogP contribution in [0.2, 0.25) is 0 Å². The maximum absolute atomic E-state index is 11.8. The highest BCUT2D eigenvalue weighted by molar-refractivity contribution is 5.66. The van der Waals surface area contributed by atoms with Gasteiger partial charge in [0.2, 0.25) is 0 Å². The van der Waals surface area contributed by atoms with Crippen LogP contribution in [0.3, 0.4) is 0 Å². The molecule has 1 heterocycles. The minimum atomic E-state index is -0.986. The first kappa shape index (κ1) is 15.4. The summed E-state index contributed by atoms with van der Waals surface area (Å²) >= 11 is 0. The van der Waals surface area contributed by atoms with Gasteiger partial charge in [-0.3, -0.25) is 9.59 Å². The maximum Gasteiger partial charge on any atom is 0.303 e. The monoisotopic (exact) mass is 301 g/mol. The number of aliphatic carboxylic acids is 1. The van der Waals surface area contributed by atoms with E-state index in [1.54, 1.807) is 30.3 Å². The van der Waals surface area contributed by atoms with Crippen LogP contribution in [0, 0.1) is 0 Å². The van der Waals surface area contributed by atoms with E-state index in [-0.39, 0.29) is 18.5 Å². The standard InChI is InChI=1S/C15H15N3O4/c1-2-9-22-11-5-3-10(4-6-11)14-16-15(21)12(17-18-14)7-8-13(19)20/h2-6H,1,7-9H2,(H,19,20)(H,16,18,21). The van der Waals surface area contributed by atoms with Gasteiger partial charge >= 0.3 is 5.97 Å². The molecule has 1 aromatic heterocycles. The van der Waals surface area contributed by atoms with Crippen LogP contribution in [-0.4, -0.2) is 32.9 Å². The topological polar surface area (TPSA) is 105 Å². The largest absolute Gasteiger partial charge is 0.490 e. The lowest BCUT2D eigenvalue weighted by molar-refractivity contribution is -0.136. The van der Waals surface area contributed by atoms with Gasteiger partial charge in [0.05, 0.1) is 6.42 Å². The quantitative estimate of drug-likeness (QED) is 0.749. The van der Waals surface area contributed by atoms with E-state index in [9.17, 15) is 9.59 Å². The second-order valence-corrected chi connectivity index (χ2v) is 4.47. The molecule has 0 radical (unpaired) electrons. The Morgan fingerprint density at radius 3 is 2.64 bits per heavy atom. The van der Waals surface area contributed by atoms with Crippen LogP contribution in [0.5, 0.6) is 5.75 Å². The summed E-state index contributed by atoms with van der Waals surface area (Å²) in [7, 11) is 0. The first-order valence-corrected chi connectivity index (χ1v) is 6.62. The molecule has 0 amide bonds. The van der Waals surface area contributed by atoms with Crippen molar-refractivity contribution in [1.29, 1.82) is 0 Å². The summed E-state index contributed by atoms with van der Waals surface area (Å²) < 4.78 is 5.36. The highest BCUT2D eigenvalue weighted by Gasteiger charge is 2.08. The number of hydrogen-bond donors (Lipinski definition) is 2. The fourth-order valence-electron chi connectivity index (χ4n) is 1.74. The Bertz CT molecular complexity index is 722. The zero-order valence-corrected chi connectivity index (χ0v) is 11.8. The van der Waals surface area contributed by atoms with Crippen LogP contribution >= 0.6 is 0 Å². The van der Waals surface area contributed by atoms with Gasteiger partial charge in [0, 0.05) is 12.0 Å². The van der Waals surface area contributed by atoms with Crippen molar-refractivity contribution in [2.75, 3.05) is 6.61 Å². The van der Waals surface area contributed by atoms with Crippen LogP contribution in [-0.2, 0) is 11.2 Å². The third-order valence-corrected chi connectivity index (χ3v) is 2.84. The van der Waals surface area contributed by atoms with Gasteiger partial charge < -0.3 is 14.8 Å². The second-order valence-electron chi connectivity index (χ2n) is 4.47. The average molecular weight is 301 g/mol. The number of ether oxygens (including phenoxy) is 1. The zero-order valence-electron chi connectivity index (χ0n) is 11.8. The van der Waals surface area contributed by atoms with Gasteiger partial charge in [-0.15, -0.1) is 10.2 Å². The Morgan fingerprint density at radius 2 is 2.05 bits per heavy atom. The van der Waals surface area contributed by atoms with Crippen LogP contribution in [0.4, 0.5) is 0 Å². The molecule has 1 aromatic carbocycles. The number of nitrogens with zero attached hydrogens (tertiary/aromatic N) is 2. The molecule has 0 unspecified atom stereocenters. The number of benzene rings is 1. The van der Waals surface area contributed by atoms with Crippen molar-refractivity contribution < 1.29 is 14.6 Å². The number of aromatic nitrogens is 3. The summed E-state index contributed by atoms with van der Waals surface area (Å²) in [4.78, 5) is 24.9. The van der Waals surface area contributed by atoms with E-state index in [1.165, 1.54) is 0 Å². The molecule has 22 heavy (non-hydrogen) atoms. The Hall–Kier alpha value is -2.96. The lowest BCUT2D eigenvalue weighted by Crippen LogP contribution is -2.18. The molecular weight excluding hydrogens is 286 g/mol. The van der Waals surface area contributed by atoms with Crippen molar-refractivity contribution in [3.05, 3.63) is 53.0 Å². The van der Waals surface area contributed by atoms with Crippen molar-refractivity contribution in [3.63, 3.8) is 0 Å². The Labute approximate surface area is 126 Å². The average Bonchev–Trinajstić information content (AvgIpc) is 2.52. The predicted octanol–water partition coefficient (Wildman–Crippen LogP) is 1.41. The normalized spacial score (nSPS) is 10.2. The van der Waals surface area contributed by atoms with E-state index in [1.807, 2.05) is 0 Å². The summed E-state index contributed by atoms with van der Waals surface area (Å²) in [5.74, 6) is 0.0109. The lowest BCUT2D eigenvalue weighted by atomic mass is 10.2. The van der Waals surface area contributed by atoms with E-state index in [0.717, 1.165) is 0 Å². The summed E-state index contributed by atoms with van der Waals surface area (Å²) in [6, 6.07) is 6.99. The van der Waals surface area contributed by atoms with E-state index in [0.29, 0.717) is 23.7 Å². The van der Waals surface area contributed by atoms with E-state index in [4.69, 9.17) is 9.84 Å². The molecule has 0 bridgehead atoms. The molecule has 0 fully saturated rings. The molecule has 7 nitrogen and oxygen atoms in total. The Kier molecular flexibility index (Phi) is 5.02. The van der Waals surface area contributed by atoms with Gasteiger partial charge in [0.25, 0.3) is 5.56 Å². The zero-order chi connectivity index (χ0) is 15.9. The first-order chi connectivity index (χ1) is 10.6. The lowest BCUT2D eigenvalue weighted by Gasteiger charge is -2.05. The second kappa shape index (κ2) is 7.16. The Balaban J connectivity index is 2.15. The minimum Gasteiger partial charge on any atom is -0.490 e. The number of carbonyl (C=O) groups is 1. The maximum atomic E-state index is 11.8. The Morgan fingerprint density at radius 1 is 1.32 bits per heavy atom. The molecule has 7 heteroatoms. The van der Waals surface area contributed by atoms with Gasteiger partial charge in [-0.1, -0.05) is 12.7 Å². The molecule has 0 saturated carbocycles. The summed E-state index contributed by atoms with van der Waals surface area (Å²) in [6.07, 6.45) is 1.53. The molecule has 0 saturated heterocycles. The minimum absolute atomic E-state index is 0.0479. The van der Waals surface area contributed by atoms with E-state index < -0.39 is 11.5 Å². The van der Waals surface area contributed by atoms with Crippen LogP contribution in [0.1, 0.15) is 12.1 Å². The molecule has 0 aliphatic carbocycles. The highest BCUT2D eigenvalue weighted by atomic mass is 16.5. The molecule has 0 aliphatic heterocycles. The summed E-state index contributed by atoms with van der Waals surface area (Å²) in [5, 5.41) is 16.3. The number of carboxylic acids is 1. The number of aryl methyl sites for hydroxylation is 1. The number of aromatic amines is 1. The molecule has 114 valence electrons. The third-order valence-electron chi connectivity index (χ3n) is 2.84. The van der Waals surface area contributed by atoms with Crippen LogP contribution < -0.4 is 10.3 Å². The van der Waals surface area contributed by atoms with Gasteiger partial charge in [0.15, 0.2) is 5.82 Å². The molecule has 0 aliphatic rings. The molecular formula is C15H15N3O4. The summed E-state index contributed by atoms with van der Waals surface area (Å²) in [5.41, 5.74) is 0.357. The number of hydrogen-bond acceptors (Lipinski definition) is 5. The number of nitrogens with one attached hydrogen (secondary N) is 1. The smallest absolute Gasteiger partial charge is 0.303 e. The van der Waals surface area contributed by atoms with Gasteiger partial charge in [-0.05, 0) is 24.3 Å². The number of carboxylic acid groups (broad SMARTS) is 1. The predicted molar refractivity (Wildman–Crippen MR) is 79.7 cm³/mol. The third kappa shape index (κ3) is 4.02. The summed E-state index contributed by atoms with van der Waals surface area (Å²) in [6.45, 7) is 3.98. The fourth-order valence-corrected chi connectivity index (χ4v) is 1.74. The first-order valence-electron chi connectivity index (χ1n) is 6.62. The van der Waals surface area contributed by atoms with Crippen molar-refractivity contribution in [2.45, 2.75) is 12.8 Å². The fraction of sp³-hybridized carbons (Fsp3) is 0.200. The molecule has 0 spiro atoms. The van der Waals surface area contributed by atoms with Crippen LogP contribution in [0.25, 0.3) is 11.4 Å². The molecule has 2 N–H and O–H groups in total. The van der Waals surface area contributed by atoms with E-state index in [2.05, 4.69) is 21.8 Å². The van der Waals surface area contributed by atoms with Crippen molar-refractivity contribution in [1.82, 2.24) is 15.2 Å². The highest BCUT2D eigenvalue weighted by Crippen LogP contribution is 2.18. The van der Waals surface area contributed by atoms with Crippen molar-refractivity contribution >= 4 is 5.97 Å². The van der Waals surface area contributed by atoms with Gasteiger partial charge in [-0.2, -0.15) is 0 Å². The molecule has 2 aromatic rings. The van der Waals surface area contributed by atoms with Crippen molar-refractivity contribution in [2.24, 2.45) is 0 Å². The van der Waals surface area contributed by atoms with Gasteiger partial charge in [0.1, 0.15) is 18.1 Å². The SMILES string of the molecule is C=CCOc1ccc(-c2nnc(CCC(=O)O)c(=O)[nH]2)cc1. The molecule has 2 rings (SSSR count). The van der Waals surface area contributed by atoms with Crippen LogP contribution in [0.15, 0.2) is 41.7 Å². The van der Waals surface area contributed by atoms with Crippen molar-refractivity contribution in [3.8, 4) is 17.1 Å². The molecule has 0 atom stereocenters. The van der Waals surface area contributed by atoms with E-state index >= 15 is 0 Å². The number of rotatable bonds is 7. The number of H-pyrrole nitrogens is 1. The van der Waals surface area contributed by atoms with Gasteiger partial charge in [-0.25, -0.2) is 0 Å².